The summed E-state index contributed by atoms with van der Waals surface area (Å²) in [6.45, 7) is 2.78. The van der Waals surface area contributed by atoms with Crippen LogP contribution in [-0.2, 0) is 0 Å². The topological polar surface area (TPSA) is 61.5 Å². The lowest BCUT2D eigenvalue weighted by Gasteiger charge is -2.48. The van der Waals surface area contributed by atoms with Gasteiger partial charge in [-0.3, -0.25) is 0 Å². The van der Waals surface area contributed by atoms with Gasteiger partial charge in [-0.1, -0.05) is 24.3 Å². The van der Waals surface area contributed by atoms with Gasteiger partial charge >= 0.3 is 7.05 Å². The molecule has 21 heavy (non-hydrogen) atoms. The van der Waals surface area contributed by atoms with Crippen molar-refractivity contribution in [2.75, 3.05) is 13.1 Å². The van der Waals surface area contributed by atoms with E-state index in [9.17, 15) is 10.1 Å². The predicted molar refractivity (Wildman–Crippen MR) is 80.8 cm³/mol. The maximum absolute atomic E-state index is 10.7. The molecule has 0 spiro atoms. The Kier molecular flexibility index (Phi) is 2.76. The lowest BCUT2D eigenvalue weighted by molar-refractivity contribution is -0.0783. The van der Waals surface area contributed by atoms with Gasteiger partial charge in [0.25, 0.3) is 0 Å². The molecule has 2 aliphatic heterocycles. The number of aromatic nitrogens is 2. The molecule has 1 unspecified atom stereocenters. The standard InChI is InChI=1S/C15H18BN3O2/c1-16(21)18-8-15(20,9-18)6-13-11-4-2-3-5-12(11)14-7-17-10-19(13)14/h2-5,7,10,13,20-21H,6,8-9H2,1H3. The van der Waals surface area contributed by atoms with Crippen LogP contribution in [0.1, 0.15) is 18.0 Å². The molecule has 1 saturated heterocycles. The van der Waals surface area contributed by atoms with Crippen LogP contribution in [0.2, 0.25) is 6.82 Å². The molecule has 1 fully saturated rings. The van der Waals surface area contributed by atoms with E-state index in [2.05, 4.69) is 21.7 Å². The number of aliphatic hydroxyl groups is 1. The zero-order valence-corrected chi connectivity index (χ0v) is 12.0. The number of hydrogen-bond acceptors (Lipinski definition) is 4. The minimum atomic E-state index is -0.735. The number of nitrogens with zero attached hydrogens (tertiary/aromatic N) is 3. The summed E-state index contributed by atoms with van der Waals surface area (Å²) in [6.07, 6.45) is 4.37. The van der Waals surface area contributed by atoms with Crippen LogP contribution < -0.4 is 0 Å². The minimum absolute atomic E-state index is 0.125. The molecule has 108 valence electrons. The summed E-state index contributed by atoms with van der Waals surface area (Å²) in [6, 6.07) is 8.43. The Bertz CT molecular complexity index is 679. The van der Waals surface area contributed by atoms with Gasteiger partial charge in [0.2, 0.25) is 0 Å². The second kappa shape index (κ2) is 4.43. The van der Waals surface area contributed by atoms with Crippen LogP contribution in [0.4, 0.5) is 0 Å². The molecular formula is C15H18BN3O2. The Morgan fingerprint density at radius 3 is 2.90 bits per heavy atom. The molecule has 4 rings (SSSR count). The summed E-state index contributed by atoms with van der Waals surface area (Å²) in [5, 5.41) is 20.2. The van der Waals surface area contributed by atoms with Crippen molar-refractivity contribution in [2.24, 2.45) is 0 Å². The smallest absolute Gasteiger partial charge is 0.376 e. The fraction of sp³-hybridized carbons (Fsp3) is 0.400. The van der Waals surface area contributed by atoms with Crippen LogP contribution in [0.3, 0.4) is 0 Å². The Hall–Kier alpha value is -1.63. The fourth-order valence-corrected chi connectivity index (χ4v) is 3.60. The molecule has 0 bridgehead atoms. The number of fused-ring (bicyclic) bond motifs is 3. The molecule has 0 radical (unpaired) electrons. The first-order valence-corrected chi connectivity index (χ1v) is 7.33. The lowest BCUT2D eigenvalue weighted by Crippen LogP contribution is -2.66. The summed E-state index contributed by atoms with van der Waals surface area (Å²) in [5.74, 6) is 0. The molecule has 3 heterocycles. The maximum atomic E-state index is 10.7. The van der Waals surface area contributed by atoms with Crippen molar-refractivity contribution in [3.05, 3.63) is 42.4 Å². The number of rotatable bonds is 3. The van der Waals surface area contributed by atoms with Gasteiger partial charge in [-0.15, -0.1) is 0 Å². The SMILES string of the molecule is CB(O)N1CC(O)(CC2c3ccccc3-c3cncn32)C1. The second-order valence-electron chi connectivity index (χ2n) is 6.25. The molecule has 5 nitrogen and oxygen atoms in total. The fourth-order valence-electron chi connectivity index (χ4n) is 3.60. The largest absolute Gasteiger partial charge is 0.437 e. The van der Waals surface area contributed by atoms with Crippen LogP contribution in [0.5, 0.6) is 0 Å². The molecule has 1 aromatic heterocycles. The van der Waals surface area contributed by atoms with Gasteiger partial charge in [-0.25, -0.2) is 4.98 Å². The average molecular weight is 283 g/mol. The van der Waals surface area contributed by atoms with Gasteiger partial charge in [0.15, 0.2) is 0 Å². The Balaban J connectivity index is 1.62. The zero-order chi connectivity index (χ0) is 14.6. The molecule has 1 atom stereocenters. The third-order valence-corrected chi connectivity index (χ3v) is 4.69. The molecule has 1 aromatic carbocycles. The summed E-state index contributed by atoms with van der Waals surface area (Å²) in [4.78, 5) is 6.11. The number of imidazole rings is 1. The molecular weight excluding hydrogens is 265 g/mol. The summed E-state index contributed by atoms with van der Waals surface area (Å²) in [5.41, 5.74) is 2.83. The second-order valence-corrected chi connectivity index (χ2v) is 6.25. The van der Waals surface area contributed by atoms with E-state index < -0.39 is 12.7 Å². The van der Waals surface area contributed by atoms with E-state index in [0.717, 1.165) is 5.69 Å². The van der Waals surface area contributed by atoms with Crippen molar-refractivity contribution < 1.29 is 10.1 Å². The van der Waals surface area contributed by atoms with Gasteiger partial charge in [0, 0.05) is 25.1 Å². The van der Waals surface area contributed by atoms with Crippen LogP contribution in [-0.4, -0.2) is 50.2 Å². The van der Waals surface area contributed by atoms with Crippen LogP contribution in [0, 0.1) is 0 Å². The highest BCUT2D eigenvalue weighted by Crippen LogP contribution is 2.44. The molecule has 0 aliphatic carbocycles. The first-order chi connectivity index (χ1) is 10.1. The van der Waals surface area contributed by atoms with E-state index in [1.165, 1.54) is 11.1 Å². The number of β-amino-alcohol motifs (C(OH)–C–C–N with tert-alkyl or cyclic N) is 1. The van der Waals surface area contributed by atoms with Gasteiger partial charge in [-0.2, -0.15) is 0 Å². The van der Waals surface area contributed by atoms with E-state index in [1.807, 2.05) is 29.5 Å². The quantitative estimate of drug-likeness (QED) is 0.825. The van der Waals surface area contributed by atoms with E-state index in [4.69, 9.17) is 0 Å². The van der Waals surface area contributed by atoms with Gasteiger partial charge in [0.05, 0.1) is 29.9 Å². The van der Waals surface area contributed by atoms with Crippen LogP contribution in [0.15, 0.2) is 36.8 Å². The minimum Gasteiger partial charge on any atom is -0.437 e. The first kappa shape index (κ1) is 13.1. The van der Waals surface area contributed by atoms with Crippen molar-refractivity contribution in [1.29, 1.82) is 0 Å². The van der Waals surface area contributed by atoms with Gasteiger partial charge < -0.3 is 19.5 Å². The van der Waals surface area contributed by atoms with Crippen LogP contribution in [0.25, 0.3) is 11.3 Å². The third kappa shape index (κ3) is 1.94. The van der Waals surface area contributed by atoms with E-state index in [1.54, 1.807) is 6.82 Å². The number of benzene rings is 1. The van der Waals surface area contributed by atoms with E-state index in [-0.39, 0.29) is 6.04 Å². The van der Waals surface area contributed by atoms with Crippen molar-refractivity contribution in [1.82, 2.24) is 14.4 Å². The Morgan fingerprint density at radius 1 is 1.38 bits per heavy atom. The summed E-state index contributed by atoms with van der Waals surface area (Å²) >= 11 is 0. The highest BCUT2D eigenvalue weighted by atomic mass is 16.3. The number of hydrogen-bond donors (Lipinski definition) is 2. The molecule has 2 aromatic rings. The zero-order valence-electron chi connectivity index (χ0n) is 12.0. The monoisotopic (exact) mass is 283 g/mol. The predicted octanol–water partition coefficient (Wildman–Crippen LogP) is 1.000. The highest BCUT2D eigenvalue weighted by molar-refractivity contribution is 6.45. The Morgan fingerprint density at radius 2 is 2.14 bits per heavy atom. The van der Waals surface area contributed by atoms with Crippen molar-refractivity contribution >= 4 is 7.05 Å². The lowest BCUT2D eigenvalue weighted by atomic mass is 9.74. The summed E-state index contributed by atoms with van der Waals surface area (Å²) in [7, 11) is -0.495. The van der Waals surface area contributed by atoms with Gasteiger partial charge in [0.1, 0.15) is 0 Å². The average Bonchev–Trinajstić information content (AvgIpc) is 2.99. The molecule has 0 amide bonds. The molecule has 2 aliphatic rings. The highest BCUT2D eigenvalue weighted by Gasteiger charge is 2.46. The van der Waals surface area contributed by atoms with Gasteiger partial charge in [-0.05, 0) is 12.4 Å². The molecule has 0 saturated carbocycles. The van der Waals surface area contributed by atoms with E-state index in [0.29, 0.717) is 19.5 Å². The third-order valence-electron chi connectivity index (χ3n) is 4.69. The van der Waals surface area contributed by atoms with Crippen molar-refractivity contribution in [3.8, 4) is 11.3 Å². The summed E-state index contributed by atoms with van der Waals surface area (Å²) < 4.78 is 2.15. The normalized spacial score (nSPS) is 22.5. The molecule has 2 N–H and O–H groups in total. The first-order valence-electron chi connectivity index (χ1n) is 7.33. The van der Waals surface area contributed by atoms with E-state index >= 15 is 0 Å². The van der Waals surface area contributed by atoms with Crippen molar-refractivity contribution in [2.45, 2.75) is 24.9 Å². The molecule has 6 heteroatoms. The van der Waals surface area contributed by atoms with Crippen LogP contribution >= 0.6 is 0 Å². The maximum Gasteiger partial charge on any atom is 0.376 e. The van der Waals surface area contributed by atoms with Crippen molar-refractivity contribution in [3.63, 3.8) is 0 Å². The Labute approximate surface area is 124 Å².